The maximum Gasteiger partial charge on any atom is 0.275 e. The highest BCUT2D eigenvalue weighted by Gasteiger charge is 2.19. The summed E-state index contributed by atoms with van der Waals surface area (Å²) in [4.78, 5) is 16.4. The zero-order valence-electron chi connectivity index (χ0n) is 12.2. The molecule has 0 radical (unpaired) electrons. The van der Waals surface area contributed by atoms with Crippen LogP contribution in [0.4, 0.5) is 0 Å². The summed E-state index contributed by atoms with van der Waals surface area (Å²) in [6.07, 6.45) is 3.24. The number of hydrogen-bond donors (Lipinski definition) is 1. The zero-order chi connectivity index (χ0) is 16.2. The van der Waals surface area contributed by atoms with Crippen molar-refractivity contribution in [2.45, 2.75) is 12.8 Å². The molecule has 5 heteroatoms. The van der Waals surface area contributed by atoms with Crippen molar-refractivity contribution in [3.63, 3.8) is 0 Å². The molecule has 0 bridgehead atoms. The van der Waals surface area contributed by atoms with Gasteiger partial charge in [-0.05, 0) is 47.9 Å². The molecule has 2 aromatic rings. The van der Waals surface area contributed by atoms with Crippen LogP contribution in [-0.2, 0) is 11.2 Å². The Bertz CT molecular complexity index is 797. The molecule has 0 fully saturated rings. The summed E-state index contributed by atoms with van der Waals surface area (Å²) in [6.45, 7) is 0. The molecule has 0 spiro atoms. The number of nitrogens with zero attached hydrogens (tertiary/aromatic N) is 1. The lowest BCUT2D eigenvalue weighted by Crippen LogP contribution is -2.24. The van der Waals surface area contributed by atoms with Gasteiger partial charge >= 0.3 is 0 Å². The molecule has 0 saturated heterocycles. The lowest BCUT2D eigenvalue weighted by atomic mass is 10.1. The molecular formula is C18H14BrClN2O. The summed E-state index contributed by atoms with van der Waals surface area (Å²) in [5.74, 6) is 0.535. The molecule has 1 heterocycles. The van der Waals surface area contributed by atoms with Gasteiger partial charge in [0.25, 0.3) is 5.91 Å². The zero-order valence-corrected chi connectivity index (χ0v) is 14.6. The molecule has 3 nitrogen and oxygen atoms in total. The van der Waals surface area contributed by atoms with Crippen molar-refractivity contribution >= 4 is 45.3 Å². The quantitative estimate of drug-likeness (QED) is 0.763. The summed E-state index contributed by atoms with van der Waals surface area (Å²) in [5, 5.41) is 3.54. The van der Waals surface area contributed by atoms with Crippen LogP contribution in [0.1, 0.15) is 17.5 Å². The predicted molar refractivity (Wildman–Crippen MR) is 97.5 cm³/mol. The Morgan fingerprint density at radius 3 is 2.65 bits per heavy atom. The van der Waals surface area contributed by atoms with Crippen LogP contribution < -0.4 is 5.32 Å². The molecule has 1 N–H and O–H groups in total. The normalized spacial score (nSPS) is 15.7. The Balaban J connectivity index is 1.70. The molecular weight excluding hydrogens is 376 g/mol. The number of nitrogens with one attached hydrogen (secondary N) is 1. The highest BCUT2D eigenvalue weighted by Crippen LogP contribution is 2.17. The van der Waals surface area contributed by atoms with Crippen molar-refractivity contribution in [1.29, 1.82) is 0 Å². The number of carbonyl (C=O) groups excluding carboxylic acids is 1. The topological polar surface area (TPSA) is 41.5 Å². The molecule has 116 valence electrons. The first kappa shape index (κ1) is 16.0. The van der Waals surface area contributed by atoms with E-state index in [9.17, 15) is 4.79 Å². The summed E-state index contributed by atoms with van der Waals surface area (Å²) >= 11 is 9.37. The first-order valence-corrected chi connectivity index (χ1v) is 8.38. The van der Waals surface area contributed by atoms with Gasteiger partial charge in [-0.3, -0.25) is 4.79 Å². The number of benzene rings is 2. The molecule has 0 unspecified atom stereocenters. The molecule has 0 saturated carbocycles. The summed E-state index contributed by atoms with van der Waals surface area (Å²) in [7, 11) is 0. The molecule has 0 atom stereocenters. The van der Waals surface area contributed by atoms with Gasteiger partial charge in [-0.15, -0.1) is 0 Å². The van der Waals surface area contributed by atoms with Crippen molar-refractivity contribution in [1.82, 2.24) is 5.32 Å². The summed E-state index contributed by atoms with van der Waals surface area (Å²) in [5.41, 5.74) is 2.51. The van der Waals surface area contributed by atoms with Crippen LogP contribution in [-0.4, -0.2) is 11.7 Å². The lowest BCUT2D eigenvalue weighted by molar-refractivity contribution is -0.115. The number of aryl methyl sites for hydroxylation is 1. The van der Waals surface area contributed by atoms with Crippen molar-refractivity contribution in [2.24, 2.45) is 4.99 Å². The second-order valence-corrected chi connectivity index (χ2v) is 6.58. The molecule has 3 rings (SSSR count). The van der Waals surface area contributed by atoms with Gasteiger partial charge in [0.2, 0.25) is 0 Å². The maximum absolute atomic E-state index is 12.0. The monoisotopic (exact) mass is 388 g/mol. The van der Waals surface area contributed by atoms with E-state index < -0.39 is 0 Å². The molecule has 23 heavy (non-hydrogen) atoms. The van der Waals surface area contributed by atoms with Crippen molar-refractivity contribution in [3.8, 4) is 0 Å². The van der Waals surface area contributed by atoms with Gasteiger partial charge in [-0.2, -0.15) is 0 Å². The van der Waals surface area contributed by atoms with Crippen LogP contribution in [0.2, 0.25) is 5.02 Å². The molecule has 2 aromatic carbocycles. The molecule has 1 aliphatic heterocycles. The fraction of sp³-hybridized carbons (Fsp3) is 0.111. The van der Waals surface area contributed by atoms with Gasteiger partial charge in [-0.1, -0.05) is 51.8 Å². The first-order chi connectivity index (χ1) is 11.1. The van der Waals surface area contributed by atoms with E-state index in [4.69, 9.17) is 11.6 Å². The summed E-state index contributed by atoms with van der Waals surface area (Å²) in [6, 6.07) is 15.4. The van der Waals surface area contributed by atoms with Crippen LogP contribution in [0, 0.1) is 0 Å². The minimum atomic E-state index is -0.158. The number of amidine groups is 1. The van der Waals surface area contributed by atoms with Gasteiger partial charge in [0.05, 0.1) is 0 Å². The Morgan fingerprint density at radius 2 is 1.91 bits per heavy atom. The van der Waals surface area contributed by atoms with Gasteiger partial charge < -0.3 is 5.32 Å². The average Bonchev–Trinajstić information content (AvgIpc) is 2.88. The third-order valence-electron chi connectivity index (χ3n) is 3.46. The van der Waals surface area contributed by atoms with Crippen molar-refractivity contribution in [3.05, 3.63) is 74.9 Å². The third-order valence-corrected chi connectivity index (χ3v) is 4.22. The standard InChI is InChI=1S/C18H14BrClN2O/c19-14-7-4-13(5-8-14)11-16-18(23)22-17(21-16)9-6-12-2-1-3-15(20)10-12/h1-5,7-8,10-11H,6,9H2,(H,21,22,23)/b16-11+. The van der Waals surface area contributed by atoms with Gasteiger partial charge in [0.1, 0.15) is 11.5 Å². The van der Waals surface area contributed by atoms with E-state index in [-0.39, 0.29) is 5.91 Å². The van der Waals surface area contributed by atoms with E-state index in [2.05, 4.69) is 26.2 Å². The van der Waals surface area contributed by atoms with Crippen molar-refractivity contribution < 1.29 is 4.79 Å². The number of hydrogen-bond acceptors (Lipinski definition) is 2. The van der Waals surface area contributed by atoms with Gasteiger partial charge in [0, 0.05) is 15.9 Å². The minimum absolute atomic E-state index is 0.158. The van der Waals surface area contributed by atoms with Crippen LogP contribution in [0.15, 0.2) is 63.7 Å². The van der Waals surface area contributed by atoms with Crippen LogP contribution in [0.3, 0.4) is 0 Å². The highest BCUT2D eigenvalue weighted by molar-refractivity contribution is 9.10. The van der Waals surface area contributed by atoms with Crippen LogP contribution in [0.5, 0.6) is 0 Å². The van der Waals surface area contributed by atoms with Crippen LogP contribution >= 0.6 is 27.5 Å². The molecule has 0 aliphatic carbocycles. The lowest BCUT2D eigenvalue weighted by Gasteiger charge is -2.01. The third kappa shape index (κ3) is 4.30. The summed E-state index contributed by atoms with van der Waals surface area (Å²) < 4.78 is 1.00. The average molecular weight is 390 g/mol. The van der Waals surface area contributed by atoms with E-state index in [0.717, 1.165) is 27.0 Å². The Morgan fingerprint density at radius 1 is 1.13 bits per heavy atom. The Labute approximate surface area is 148 Å². The second kappa shape index (κ2) is 7.11. The number of aliphatic imine (C=N–C) groups is 1. The number of amides is 1. The van der Waals surface area contributed by atoms with E-state index in [1.165, 1.54) is 0 Å². The fourth-order valence-electron chi connectivity index (χ4n) is 2.31. The molecule has 0 aromatic heterocycles. The van der Waals surface area contributed by atoms with E-state index in [0.29, 0.717) is 18.0 Å². The van der Waals surface area contributed by atoms with Gasteiger partial charge in [0.15, 0.2) is 0 Å². The SMILES string of the molecule is O=C1NC(CCc2cccc(Cl)c2)=N/C1=C/c1ccc(Br)cc1. The number of halogens is 2. The highest BCUT2D eigenvalue weighted by atomic mass is 79.9. The fourth-order valence-corrected chi connectivity index (χ4v) is 2.78. The van der Waals surface area contributed by atoms with Crippen molar-refractivity contribution in [2.75, 3.05) is 0 Å². The maximum atomic E-state index is 12.0. The van der Waals surface area contributed by atoms with E-state index in [1.54, 1.807) is 6.08 Å². The number of carbonyl (C=O) groups is 1. The van der Waals surface area contributed by atoms with Crippen LogP contribution in [0.25, 0.3) is 6.08 Å². The molecule has 1 aliphatic rings. The molecule has 1 amide bonds. The van der Waals surface area contributed by atoms with Gasteiger partial charge in [-0.25, -0.2) is 4.99 Å². The van der Waals surface area contributed by atoms with E-state index in [1.807, 2.05) is 48.5 Å². The minimum Gasteiger partial charge on any atom is -0.309 e. The van der Waals surface area contributed by atoms with E-state index >= 15 is 0 Å². The first-order valence-electron chi connectivity index (χ1n) is 7.21. The second-order valence-electron chi connectivity index (χ2n) is 5.22. The smallest absolute Gasteiger partial charge is 0.275 e. The Kier molecular flexibility index (Phi) is 4.94. The predicted octanol–water partition coefficient (Wildman–Crippen LogP) is 4.60. The number of rotatable bonds is 4. The largest absolute Gasteiger partial charge is 0.309 e. The Hall–Kier alpha value is -1.91.